The predicted octanol–water partition coefficient (Wildman–Crippen LogP) is 3.06. The first-order chi connectivity index (χ1) is 9.03. The fourth-order valence-electron chi connectivity index (χ4n) is 2.31. The number of hydrogen-bond acceptors (Lipinski definition) is 2. The maximum absolute atomic E-state index is 11.7. The smallest absolute Gasteiger partial charge is 0.314 e. The molecule has 0 aliphatic carbocycles. The van der Waals surface area contributed by atoms with Crippen LogP contribution in [0, 0.1) is 0 Å². The minimum Gasteiger partial charge on any atom is -0.481 e. The van der Waals surface area contributed by atoms with Crippen LogP contribution in [0.4, 0.5) is 0 Å². The van der Waals surface area contributed by atoms with Crippen LogP contribution in [0.1, 0.15) is 44.6 Å². The maximum atomic E-state index is 11.7. The van der Waals surface area contributed by atoms with Gasteiger partial charge in [-0.15, -0.1) is 0 Å². The van der Waals surface area contributed by atoms with E-state index in [-0.39, 0.29) is 12.8 Å². The first kappa shape index (κ1) is 15.2. The summed E-state index contributed by atoms with van der Waals surface area (Å²) in [4.78, 5) is 22.5. The Balaban J connectivity index is 3.11. The van der Waals surface area contributed by atoms with Gasteiger partial charge >= 0.3 is 11.9 Å². The molecule has 0 spiro atoms. The lowest BCUT2D eigenvalue weighted by Crippen LogP contribution is -2.36. The molecular weight excluding hydrogens is 244 g/mol. The highest BCUT2D eigenvalue weighted by Gasteiger charge is 2.39. The number of aliphatic carboxylic acids is 2. The van der Waals surface area contributed by atoms with E-state index in [0.29, 0.717) is 12.0 Å². The van der Waals surface area contributed by atoms with Gasteiger partial charge in [0, 0.05) is 6.42 Å². The lowest BCUT2D eigenvalue weighted by molar-refractivity contribution is -0.145. The summed E-state index contributed by atoms with van der Waals surface area (Å²) in [5, 5.41) is 18.5. The number of unbranched alkanes of at least 4 members (excludes halogenated alkanes) is 1. The summed E-state index contributed by atoms with van der Waals surface area (Å²) in [6, 6.07) is 8.95. The summed E-state index contributed by atoms with van der Waals surface area (Å²) < 4.78 is 0. The van der Waals surface area contributed by atoms with Crippen LogP contribution >= 0.6 is 0 Å². The summed E-state index contributed by atoms with van der Waals surface area (Å²) in [5.74, 6) is -1.90. The van der Waals surface area contributed by atoms with Gasteiger partial charge in [0.1, 0.15) is 0 Å². The number of rotatable bonds is 8. The highest BCUT2D eigenvalue weighted by Crippen LogP contribution is 2.35. The second-order valence-electron chi connectivity index (χ2n) is 4.75. The third-order valence-corrected chi connectivity index (χ3v) is 3.46. The molecule has 1 unspecified atom stereocenters. The fourth-order valence-corrected chi connectivity index (χ4v) is 2.31. The molecule has 1 aromatic carbocycles. The van der Waals surface area contributed by atoms with Crippen molar-refractivity contribution < 1.29 is 19.8 Å². The molecule has 4 nitrogen and oxygen atoms in total. The summed E-state index contributed by atoms with van der Waals surface area (Å²) in [5.41, 5.74) is -0.396. The van der Waals surface area contributed by atoms with E-state index >= 15 is 0 Å². The van der Waals surface area contributed by atoms with Crippen LogP contribution < -0.4 is 0 Å². The van der Waals surface area contributed by atoms with Gasteiger partial charge in [-0.2, -0.15) is 0 Å². The number of hydrogen-bond donors (Lipinski definition) is 2. The molecule has 0 bridgehead atoms. The monoisotopic (exact) mass is 264 g/mol. The van der Waals surface area contributed by atoms with Crippen molar-refractivity contribution >= 4 is 11.9 Å². The lowest BCUT2D eigenvalue weighted by Gasteiger charge is -2.29. The van der Waals surface area contributed by atoms with Gasteiger partial charge < -0.3 is 10.2 Å². The zero-order valence-corrected chi connectivity index (χ0v) is 11.1. The molecule has 0 saturated heterocycles. The highest BCUT2D eigenvalue weighted by atomic mass is 16.4. The predicted molar refractivity (Wildman–Crippen MR) is 72.2 cm³/mol. The van der Waals surface area contributed by atoms with Gasteiger partial charge in [-0.05, 0) is 18.4 Å². The van der Waals surface area contributed by atoms with Crippen molar-refractivity contribution in [3.63, 3.8) is 0 Å². The van der Waals surface area contributed by atoms with Gasteiger partial charge in [0.25, 0.3) is 0 Å². The molecule has 104 valence electrons. The Morgan fingerprint density at radius 1 is 1.11 bits per heavy atom. The Labute approximate surface area is 113 Å². The van der Waals surface area contributed by atoms with Gasteiger partial charge in [0.15, 0.2) is 0 Å². The summed E-state index contributed by atoms with van der Waals surface area (Å²) in [6.45, 7) is 1.99. The Hall–Kier alpha value is -1.84. The number of carboxylic acid groups (broad SMARTS) is 2. The highest BCUT2D eigenvalue weighted by molar-refractivity contribution is 5.82. The molecular formula is C15H20O4. The van der Waals surface area contributed by atoms with E-state index in [4.69, 9.17) is 5.11 Å². The number of carboxylic acids is 2. The van der Waals surface area contributed by atoms with Crippen molar-refractivity contribution in [2.75, 3.05) is 0 Å². The molecule has 2 N–H and O–H groups in total. The molecule has 0 saturated carbocycles. The molecule has 1 atom stereocenters. The minimum absolute atomic E-state index is 0.127. The van der Waals surface area contributed by atoms with E-state index in [1.165, 1.54) is 0 Å². The van der Waals surface area contributed by atoms with E-state index in [1.54, 1.807) is 24.3 Å². The molecule has 0 fully saturated rings. The number of carbonyl (C=O) groups is 2. The quantitative estimate of drug-likeness (QED) is 0.756. The molecule has 0 aliphatic rings. The maximum Gasteiger partial charge on any atom is 0.314 e. The zero-order valence-electron chi connectivity index (χ0n) is 11.1. The van der Waals surface area contributed by atoms with Crippen molar-refractivity contribution in [2.45, 2.75) is 44.4 Å². The van der Waals surface area contributed by atoms with Gasteiger partial charge in [0.05, 0.1) is 5.41 Å². The molecule has 0 amide bonds. The van der Waals surface area contributed by atoms with E-state index in [2.05, 4.69) is 0 Å². The Morgan fingerprint density at radius 3 is 2.21 bits per heavy atom. The van der Waals surface area contributed by atoms with Crippen molar-refractivity contribution in [1.29, 1.82) is 0 Å². The van der Waals surface area contributed by atoms with Crippen molar-refractivity contribution in [2.24, 2.45) is 0 Å². The van der Waals surface area contributed by atoms with Crippen LogP contribution in [-0.2, 0) is 15.0 Å². The fraction of sp³-hybridized carbons (Fsp3) is 0.467. The Morgan fingerprint density at radius 2 is 1.74 bits per heavy atom. The molecule has 1 aromatic rings. The SMILES string of the molecule is CCCCC(CCC(=O)O)(C(=O)O)c1ccccc1. The van der Waals surface area contributed by atoms with Crippen molar-refractivity contribution in [3.8, 4) is 0 Å². The molecule has 0 heterocycles. The summed E-state index contributed by atoms with van der Waals surface area (Å²) >= 11 is 0. The van der Waals surface area contributed by atoms with Crippen LogP contribution in [0.2, 0.25) is 0 Å². The van der Waals surface area contributed by atoms with Gasteiger partial charge in [0.2, 0.25) is 0 Å². The average molecular weight is 264 g/mol. The molecule has 1 rings (SSSR count). The lowest BCUT2D eigenvalue weighted by atomic mass is 9.73. The third kappa shape index (κ3) is 3.81. The second-order valence-corrected chi connectivity index (χ2v) is 4.75. The molecule has 0 radical (unpaired) electrons. The van der Waals surface area contributed by atoms with Gasteiger partial charge in [-0.1, -0.05) is 50.1 Å². The normalized spacial score (nSPS) is 13.7. The van der Waals surface area contributed by atoms with Crippen LogP contribution in [0.3, 0.4) is 0 Å². The topological polar surface area (TPSA) is 74.6 Å². The minimum atomic E-state index is -1.09. The molecule has 0 aliphatic heterocycles. The van der Waals surface area contributed by atoms with Crippen molar-refractivity contribution in [1.82, 2.24) is 0 Å². The van der Waals surface area contributed by atoms with E-state index < -0.39 is 17.4 Å². The first-order valence-electron chi connectivity index (χ1n) is 6.53. The van der Waals surface area contributed by atoms with Gasteiger partial charge in [-0.25, -0.2) is 0 Å². The average Bonchev–Trinajstić information content (AvgIpc) is 2.39. The largest absolute Gasteiger partial charge is 0.481 e. The molecule has 4 heteroatoms. The van der Waals surface area contributed by atoms with E-state index in [0.717, 1.165) is 12.8 Å². The molecule has 0 aromatic heterocycles. The van der Waals surface area contributed by atoms with E-state index in [9.17, 15) is 14.7 Å². The Kier molecular flexibility index (Phi) is 5.55. The van der Waals surface area contributed by atoms with Crippen LogP contribution in [0.5, 0.6) is 0 Å². The van der Waals surface area contributed by atoms with Crippen LogP contribution in [0.25, 0.3) is 0 Å². The summed E-state index contributed by atoms with van der Waals surface area (Å²) in [6.07, 6.45) is 2.11. The molecule has 19 heavy (non-hydrogen) atoms. The number of benzene rings is 1. The van der Waals surface area contributed by atoms with E-state index in [1.807, 2.05) is 13.0 Å². The standard InChI is InChI=1S/C15H20O4/c1-2-3-10-15(14(18)19,11-9-13(16)17)12-7-5-4-6-8-12/h4-8H,2-3,9-11H2,1H3,(H,16,17)(H,18,19). The zero-order chi connectivity index (χ0) is 14.3. The van der Waals surface area contributed by atoms with Crippen molar-refractivity contribution in [3.05, 3.63) is 35.9 Å². The Bertz CT molecular complexity index is 427. The first-order valence-corrected chi connectivity index (χ1v) is 6.53. The van der Waals surface area contributed by atoms with Crippen LogP contribution in [-0.4, -0.2) is 22.2 Å². The second kappa shape index (κ2) is 6.92. The third-order valence-electron chi connectivity index (χ3n) is 3.46. The van der Waals surface area contributed by atoms with Crippen LogP contribution in [0.15, 0.2) is 30.3 Å². The van der Waals surface area contributed by atoms with Gasteiger partial charge in [-0.3, -0.25) is 9.59 Å². The summed E-state index contributed by atoms with van der Waals surface area (Å²) in [7, 11) is 0.